The van der Waals surface area contributed by atoms with Crippen molar-refractivity contribution < 1.29 is 9.53 Å². The van der Waals surface area contributed by atoms with E-state index in [1.165, 1.54) is 16.7 Å². The third kappa shape index (κ3) is 4.09. The number of fused-ring (bicyclic) bond motifs is 1. The van der Waals surface area contributed by atoms with E-state index in [1.54, 1.807) is 6.92 Å². The van der Waals surface area contributed by atoms with Crippen LogP contribution in [0.1, 0.15) is 70.2 Å². The molecule has 0 spiro atoms. The summed E-state index contributed by atoms with van der Waals surface area (Å²) >= 11 is 0. The summed E-state index contributed by atoms with van der Waals surface area (Å²) in [6.07, 6.45) is 1.71. The zero-order valence-corrected chi connectivity index (χ0v) is 15.3. The molecule has 21 heavy (non-hydrogen) atoms. The molecule has 0 N–H and O–H groups in total. The van der Waals surface area contributed by atoms with Crippen molar-refractivity contribution in [1.29, 1.82) is 0 Å². The number of hydrogen-bond donors (Lipinski definition) is 0. The largest absolute Gasteiger partial charge is 0.479 e. The van der Waals surface area contributed by atoms with Crippen LogP contribution in [0.3, 0.4) is 0 Å². The van der Waals surface area contributed by atoms with Crippen LogP contribution in [0, 0.1) is 20.8 Å². The van der Waals surface area contributed by atoms with Gasteiger partial charge in [-0.1, -0.05) is 33.8 Å². The fraction of sp³-hybridized carbons (Fsp3) is 0.632. The highest BCUT2D eigenvalue weighted by atomic mass is 16.5. The average Bonchev–Trinajstić information content (AvgIpc) is 2.49. The zero-order valence-electron chi connectivity index (χ0n) is 15.3. The Balaban J connectivity index is 0.000000921. The zero-order chi connectivity index (χ0) is 16.8. The van der Waals surface area contributed by atoms with E-state index in [1.807, 2.05) is 34.6 Å². The first-order valence-electron chi connectivity index (χ1n) is 8.15. The third-order valence-electron chi connectivity index (χ3n) is 4.04. The molecule has 0 aromatic heterocycles. The van der Waals surface area contributed by atoms with Gasteiger partial charge in [0.15, 0.2) is 11.4 Å². The van der Waals surface area contributed by atoms with Gasteiger partial charge in [-0.15, -0.1) is 0 Å². The lowest BCUT2D eigenvalue weighted by molar-refractivity contribution is -0.132. The summed E-state index contributed by atoms with van der Waals surface area (Å²) in [5.41, 5.74) is 4.30. The molecule has 0 radical (unpaired) electrons. The summed E-state index contributed by atoms with van der Waals surface area (Å²) in [5.74, 6) is 1.05. The van der Waals surface area contributed by atoms with E-state index in [-0.39, 0.29) is 5.78 Å². The molecule has 1 aromatic carbocycles. The first-order valence-corrected chi connectivity index (χ1v) is 8.15. The van der Waals surface area contributed by atoms with E-state index in [2.05, 4.69) is 26.8 Å². The number of ketones is 1. The fourth-order valence-corrected chi connectivity index (χ4v) is 2.44. The minimum atomic E-state index is -0.641. The van der Waals surface area contributed by atoms with E-state index >= 15 is 0 Å². The molecular weight excluding hydrogens is 260 g/mol. The highest BCUT2D eigenvalue weighted by Crippen LogP contribution is 2.39. The lowest BCUT2D eigenvalue weighted by Gasteiger charge is -2.35. The first kappa shape index (κ1) is 19.7. The summed E-state index contributed by atoms with van der Waals surface area (Å²) in [4.78, 5) is 11.7. The SMILES string of the molecule is CC.CC.CC(=O)[C@]1(C)CCc2c(C)cc(C)c(C)c2O1. The first-order chi connectivity index (χ1) is 9.85. The van der Waals surface area contributed by atoms with E-state index in [4.69, 9.17) is 4.74 Å². The number of aryl methyl sites for hydroxylation is 2. The summed E-state index contributed by atoms with van der Waals surface area (Å²) in [6.45, 7) is 17.8. The second kappa shape index (κ2) is 8.21. The Morgan fingerprint density at radius 2 is 1.62 bits per heavy atom. The number of ether oxygens (including phenoxy) is 1. The molecular formula is C19H32O2. The van der Waals surface area contributed by atoms with Gasteiger partial charge in [0.1, 0.15) is 5.75 Å². The molecule has 0 aliphatic carbocycles. The van der Waals surface area contributed by atoms with Crippen molar-refractivity contribution >= 4 is 5.78 Å². The molecule has 0 unspecified atom stereocenters. The summed E-state index contributed by atoms with van der Waals surface area (Å²) in [6, 6.07) is 2.20. The highest BCUT2D eigenvalue weighted by molar-refractivity contribution is 5.85. The maximum absolute atomic E-state index is 11.7. The Kier molecular flexibility index (Phi) is 7.70. The quantitative estimate of drug-likeness (QED) is 0.698. The molecule has 2 heteroatoms. The van der Waals surface area contributed by atoms with Gasteiger partial charge in [0.2, 0.25) is 0 Å². The Morgan fingerprint density at radius 3 is 2.10 bits per heavy atom. The Morgan fingerprint density at radius 1 is 1.10 bits per heavy atom. The monoisotopic (exact) mass is 292 g/mol. The molecule has 1 aromatic rings. The van der Waals surface area contributed by atoms with Crippen molar-refractivity contribution in [2.24, 2.45) is 0 Å². The molecule has 120 valence electrons. The van der Waals surface area contributed by atoms with Crippen LogP contribution in [0.25, 0.3) is 0 Å². The van der Waals surface area contributed by atoms with Gasteiger partial charge in [-0.25, -0.2) is 0 Å². The van der Waals surface area contributed by atoms with E-state index in [0.29, 0.717) is 0 Å². The maximum atomic E-state index is 11.7. The number of carbonyl (C=O) groups is 1. The Labute approximate surface area is 130 Å². The van der Waals surface area contributed by atoms with Gasteiger partial charge in [0.05, 0.1) is 0 Å². The standard InChI is InChI=1S/C15H20O2.2C2H6/c1-9-8-10(2)13-6-7-15(5,12(4)16)17-14(13)11(9)3;2*1-2/h8H,6-7H2,1-5H3;2*1-2H3/t15-;;/m0../s1. The summed E-state index contributed by atoms with van der Waals surface area (Å²) in [5, 5.41) is 0. The van der Waals surface area contributed by atoms with Gasteiger partial charge in [-0.05, 0) is 69.7 Å². The van der Waals surface area contributed by atoms with Crippen LogP contribution in [0.5, 0.6) is 5.75 Å². The number of Topliss-reactive ketones (excluding diaryl/α,β-unsaturated/α-hetero) is 1. The van der Waals surface area contributed by atoms with Crippen molar-refractivity contribution in [2.75, 3.05) is 0 Å². The van der Waals surface area contributed by atoms with E-state index < -0.39 is 5.60 Å². The van der Waals surface area contributed by atoms with Gasteiger partial charge >= 0.3 is 0 Å². The Hall–Kier alpha value is -1.31. The molecule has 0 fully saturated rings. The lowest BCUT2D eigenvalue weighted by Crippen LogP contribution is -2.43. The summed E-state index contributed by atoms with van der Waals surface area (Å²) in [7, 11) is 0. The van der Waals surface area contributed by atoms with E-state index in [9.17, 15) is 4.79 Å². The molecule has 1 heterocycles. The molecule has 2 rings (SSSR count). The second-order valence-corrected chi connectivity index (χ2v) is 5.33. The molecule has 0 amide bonds. The van der Waals surface area contributed by atoms with Crippen LogP contribution in [0.4, 0.5) is 0 Å². The topological polar surface area (TPSA) is 26.3 Å². The smallest absolute Gasteiger partial charge is 0.172 e. The van der Waals surface area contributed by atoms with Gasteiger partial charge in [-0.2, -0.15) is 0 Å². The maximum Gasteiger partial charge on any atom is 0.172 e. The number of rotatable bonds is 1. The molecule has 1 aliphatic heterocycles. The number of hydrogen-bond acceptors (Lipinski definition) is 2. The van der Waals surface area contributed by atoms with Crippen LogP contribution in [-0.4, -0.2) is 11.4 Å². The molecule has 0 saturated carbocycles. The predicted octanol–water partition coefficient (Wildman–Crippen LogP) is 5.34. The van der Waals surface area contributed by atoms with Crippen LogP contribution < -0.4 is 4.74 Å². The molecule has 1 atom stereocenters. The van der Waals surface area contributed by atoms with Crippen LogP contribution in [0.15, 0.2) is 6.07 Å². The molecule has 2 nitrogen and oxygen atoms in total. The lowest BCUT2D eigenvalue weighted by atomic mass is 9.86. The molecule has 0 bridgehead atoms. The number of benzene rings is 1. The van der Waals surface area contributed by atoms with E-state index in [0.717, 1.165) is 24.2 Å². The van der Waals surface area contributed by atoms with Gasteiger partial charge in [0, 0.05) is 0 Å². The highest BCUT2D eigenvalue weighted by Gasteiger charge is 2.37. The minimum Gasteiger partial charge on any atom is -0.479 e. The van der Waals surface area contributed by atoms with Crippen molar-refractivity contribution in [1.82, 2.24) is 0 Å². The van der Waals surface area contributed by atoms with Crippen LogP contribution in [-0.2, 0) is 11.2 Å². The third-order valence-corrected chi connectivity index (χ3v) is 4.04. The van der Waals surface area contributed by atoms with Gasteiger partial charge in [-0.3, -0.25) is 4.79 Å². The normalized spacial score (nSPS) is 19.1. The molecule has 0 saturated heterocycles. The predicted molar refractivity (Wildman–Crippen MR) is 91.4 cm³/mol. The second-order valence-electron chi connectivity index (χ2n) is 5.33. The Bertz CT molecular complexity index is 489. The van der Waals surface area contributed by atoms with Gasteiger partial charge in [0.25, 0.3) is 0 Å². The van der Waals surface area contributed by atoms with Gasteiger partial charge < -0.3 is 4.74 Å². The number of carbonyl (C=O) groups excluding carboxylic acids is 1. The van der Waals surface area contributed by atoms with Crippen molar-refractivity contribution in [3.8, 4) is 5.75 Å². The van der Waals surface area contributed by atoms with Crippen molar-refractivity contribution in [3.05, 3.63) is 28.3 Å². The summed E-state index contributed by atoms with van der Waals surface area (Å²) < 4.78 is 6.02. The van der Waals surface area contributed by atoms with Crippen molar-refractivity contribution in [3.63, 3.8) is 0 Å². The molecule has 1 aliphatic rings. The van der Waals surface area contributed by atoms with Crippen LogP contribution in [0.2, 0.25) is 0 Å². The average molecular weight is 292 g/mol. The fourth-order valence-electron chi connectivity index (χ4n) is 2.44. The minimum absolute atomic E-state index is 0.113. The van der Waals surface area contributed by atoms with Crippen LogP contribution >= 0.6 is 0 Å². The van der Waals surface area contributed by atoms with Crippen molar-refractivity contribution in [2.45, 2.75) is 80.8 Å².